The van der Waals surface area contributed by atoms with E-state index < -0.39 is 5.60 Å². The van der Waals surface area contributed by atoms with Gasteiger partial charge in [0.2, 0.25) is 0 Å². The highest BCUT2D eigenvalue weighted by atomic mass is 16.6. The first-order valence-electron chi connectivity index (χ1n) is 6.91. The maximum Gasteiger partial charge on any atom is 0.407 e. The molecule has 1 aliphatic rings. The average Bonchev–Trinajstić information content (AvgIpc) is 2.29. The highest BCUT2D eigenvalue weighted by Crippen LogP contribution is 2.07. The number of nitrogens with one attached hydrogen (secondary N) is 1. The fourth-order valence-electron chi connectivity index (χ4n) is 2.06. The van der Waals surface area contributed by atoms with Crippen LogP contribution in [0.5, 0.6) is 0 Å². The molecule has 0 aromatic heterocycles. The van der Waals surface area contributed by atoms with Crippen molar-refractivity contribution >= 4 is 6.09 Å². The molecule has 19 heavy (non-hydrogen) atoms. The summed E-state index contributed by atoms with van der Waals surface area (Å²) < 4.78 is 5.22. The molecule has 3 N–H and O–H groups in total. The maximum atomic E-state index is 11.6. The van der Waals surface area contributed by atoms with Gasteiger partial charge < -0.3 is 20.7 Å². The quantitative estimate of drug-likeness (QED) is 0.759. The smallest absolute Gasteiger partial charge is 0.407 e. The molecule has 1 rings (SSSR count). The van der Waals surface area contributed by atoms with Crippen LogP contribution in [-0.2, 0) is 4.74 Å². The van der Waals surface area contributed by atoms with Crippen molar-refractivity contribution in [3.8, 4) is 0 Å². The molecule has 0 radical (unpaired) electrons. The highest BCUT2D eigenvalue weighted by molar-refractivity contribution is 5.67. The molecule has 0 spiro atoms. The fourth-order valence-corrected chi connectivity index (χ4v) is 2.06. The van der Waals surface area contributed by atoms with Crippen LogP contribution >= 0.6 is 0 Å². The summed E-state index contributed by atoms with van der Waals surface area (Å²) in [5.41, 5.74) is 5.34. The van der Waals surface area contributed by atoms with Crippen LogP contribution in [0, 0.1) is 0 Å². The standard InChI is InChI=1S/C13H28N4O2/c1-13(2,3)19-12(18)15-10-11(9-14)17-7-5-16(4)6-8-17/h11H,5-10,14H2,1-4H3,(H,15,18). The molecule has 0 bridgehead atoms. The lowest BCUT2D eigenvalue weighted by Gasteiger charge is -2.37. The molecule has 6 nitrogen and oxygen atoms in total. The lowest BCUT2D eigenvalue weighted by atomic mass is 10.2. The summed E-state index contributed by atoms with van der Waals surface area (Å²) in [6.45, 7) is 10.7. The van der Waals surface area contributed by atoms with Crippen molar-refractivity contribution in [1.82, 2.24) is 15.1 Å². The first kappa shape index (κ1) is 16.2. The second-order valence-electron chi connectivity index (χ2n) is 6.11. The minimum absolute atomic E-state index is 0.182. The van der Waals surface area contributed by atoms with Gasteiger partial charge in [-0.15, -0.1) is 0 Å². The summed E-state index contributed by atoms with van der Waals surface area (Å²) in [5, 5.41) is 2.80. The first-order chi connectivity index (χ1) is 8.81. The topological polar surface area (TPSA) is 70.8 Å². The Morgan fingerprint density at radius 1 is 1.32 bits per heavy atom. The highest BCUT2D eigenvalue weighted by Gasteiger charge is 2.23. The van der Waals surface area contributed by atoms with Crippen molar-refractivity contribution in [1.29, 1.82) is 0 Å². The summed E-state index contributed by atoms with van der Waals surface area (Å²) in [5.74, 6) is 0. The number of amides is 1. The first-order valence-corrected chi connectivity index (χ1v) is 6.91. The van der Waals surface area contributed by atoms with Gasteiger partial charge in [0, 0.05) is 45.3 Å². The maximum absolute atomic E-state index is 11.6. The SMILES string of the molecule is CN1CCN(C(CN)CNC(=O)OC(C)(C)C)CC1. The number of piperazine rings is 1. The fraction of sp³-hybridized carbons (Fsp3) is 0.923. The molecule has 0 saturated carbocycles. The van der Waals surface area contributed by atoms with E-state index >= 15 is 0 Å². The molecule has 1 heterocycles. The van der Waals surface area contributed by atoms with Gasteiger partial charge in [-0.25, -0.2) is 4.79 Å². The van der Waals surface area contributed by atoms with Crippen LogP contribution in [0.2, 0.25) is 0 Å². The number of nitrogens with zero attached hydrogens (tertiary/aromatic N) is 2. The second kappa shape index (κ2) is 7.07. The van der Waals surface area contributed by atoms with E-state index in [0.717, 1.165) is 26.2 Å². The molecule has 6 heteroatoms. The van der Waals surface area contributed by atoms with Crippen LogP contribution in [0.3, 0.4) is 0 Å². The normalized spacial score (nSPS) is 20.1. The van der Waals surface area contributed by atoms with Crippen LogP contribution in [0.15, 0.2) is 0 Å². The van der Waals surface area contributed by atoms with Crippen molar-refractivity contribution in [3.63, 3.8) is 0 Å². The van der Waals surface area contributed by atoms with E-state index in [2.05, 4.69) is 22.2 Å². The predicted octanol–water partition coefficient (Wildman–Crippen LogP) is 0.0858. The Hall–Kier alpha value is -0.850. The zero-order valence-electron chi connectivity index (χ0n) is 12.6. The van der Waals surface area contributed by atoms with E-state index in [0.29, 0.717) is 13.1 Å². The van der Waals surface area contributed by atoms with Gasteiger partial charge in [-0.05, 0) is 27.8 Å². The number of ether oxygens (including phenoxy) is 1. The summed E-state index contributed by atoms with van der Waals surface area (Å²) in [7, 11) is 2.12. The Morgan fingerprint density at radius 3 is 2.37 bits per heavy atom. The lowest BCUT2D eigenvalue weighted by molar-refractivity contribution is 0.0494. The van der Waals surface area contributed by atoms with Gasteiger partial charge in [-0.1, -0.05) is 0 Å². The van der Waals surface area contributed by atoms with E-state index in [1.54, 1.807) is 0 Å². The monoisotopic (exact) mass is 272 g/mol. The van der Waals surface area contributed by atoms with Crippen LogP contribution in [-0.4, -0.2) is 73.9 Å². The van der Waals surface area contributed by atoms with Crippen molar-refractivity contribution in [2.75, 3.05) is 46.3 Å². The Labute approximate surface area is 116 Å². The molecule has 1 aliphatic heterocycles. The zero-order valence-corrected chi connectivity index (χ0v) is 12.6. The van der Waals surface area contributed by atoms with Crippen molar-refractivity contribution in [3.05, 3.63) is 0 Å². The summed E-state index contributed by atoms with van der Waals surface area (Å²) >= 11 is 0. The Morgan fingerprint density at radius 2 is 1.89 bits per heavy atom. The summed E-state index contributed by atoms with van der Waals surface area (Å²) in [6.07, 6.45) is -0.375. The van der Waals surface area contributed by atoms with Gasteiger partial charge in [0.05, 0.1) is 0 Å². The summed E-state index contributed by atoms with van der Waals surface area (Å²) in [4.78, 5) is 16.2. The third-order valence-electron chi connectivity index (χ3n) is 3.21. The molecule has 1 saturated heterocycles. The minimum atomic E-state index is -0.462. The van der Waals surface area contributed by atoms with E-state index in [-0.39, 0.29) is 12.1 Å². The van der Waals surface area contributed by atoms with E-state index in [1.807, 2.05) is 20.8 Å². The number of carbonyl (C=O) groups is 1. The molecule has 0 aromatic carbocycles. The van der Waals surface area contributed by atoms with Crippen LogP contribution in [0.25, 0.3) is 0 Å². The number of hydrogen-bond donors (Lipinski definition) is 2. The Kier molecular flexibility index (Phi) is 6.03. The van der Waals surface area contributed by atoms with Gasteiger partial charge >= 0.3 is 6.09 Å². The number of rotatable bonds is 4. The summed E-state index contributed by atoms with van der Waals surface area (Å²) in [6, 6.07) is 0.182. The number of carbonyl (C=O) groups excluding carboxylic acids is 1. The van der Waals surface area contributed by atoms with Gasteiger partial charge in [0.25, 0.3) is 0 Å². The zero-order chi connectivity index (χ0) is 14.5. The van der Waals surface area contributed by atoms with Crippen LogP contribution in [0.1, 0.15) is 20.8 Å². The van der Waals surface area contributed by atoms with Crippen LogP contribution < -0.4 is 11.1 Å². The Bertz CT molecular complexity index is 283. The minimum Gasteiger partial charge on any atom is -0.444 e. The van der Waals surface area contributed by atoms with E-state index in [4.69, 9.17) is 10.5 Å². The number of alkyl carbamates (subject to hydrolysis) is 1. The van der Waals surface area contributed by atoms with Crippen molar-refractivity contribution in [2.24, 2.45) is 5.73 Å². The largest absolute Gasteiger partial charge is 0.444 e. The predicted molar refractivity (Wildman–Crippen MR) is 76.1 cm³/mol. The van der Waals surface area contributed by atoms with Gasteiger partial charge in [0.1, 0.15) is 5.60 Å². The second-order valence-corrected chi connectivity index (χ2v) is 6.11. The molecular weight excluding hydrogens is 244 g/mol. The van der Waals surface area contributed by atoms with E-state index in [9.17, 15) is 4.79 Å². The Balaban J connectivity index is 2.34. The third kappa shape index (κ3) is 6.22. The van der Waals surface area contributed by atoms with Gasteiger partial charge in [0.15, 0.2) is 0 Å². The number of nitrogens with two attached hydrogens (primary N) is 1. The molecule has 1 fully saturated rings. The van der Waals surface area contributed by atoms with Gasteiger partial charge in [-0.3, -0.25) is 4.90 Å². The third-order valence-corrected chi connectivity index (χ3v) is 3.21. The molecule has 112 valence electrons. The van der Waals surface area contributed by atoms with E-state index in [1.165, 1.54) is 0 Å². The number of hydrogen-bond acceptors (Lipinski definition) is 5. The molecule has 1 atom stereocenters. The molecule has 1 unspecified atom stereocenters. The lowest BCUT2D eigenvalue weighted by Crippen LogP contribution is -2.55. The molecular formula is C13H28N4O2. The molecule has 0 aliphatic carbocycles. The van der Waals surface area contributed by atoms with Gasteiger partial charge in [-0.2, -0.15) is 0 Å². The van der Waals surface area contributed by atoms with Crippen LogP contribution in [0.4, 0.5) is 4.79 Å². The van der Waals surface area contributed by atoms with Crippen molar-refractivity contribution in [2.45, 2.75) is 32.4 Å². The molecule has 1 amide bonds. The average molecular weight is 272 g/mol. The molecule has 0 aromatic rings. The van der Waals surface area contributed by atoms with Crippen molar-refractivity contribution < 1.29 is 9.53 Å². The number of likely N-dealkylation sites (N-methyl/N-ethyl adjacent to an activating group) is 1.